The van der Waals surface area contributed by atoms with Crippen molar-refractivity contribution in [1.29, 1.82) is 5.26 Å². The molecule has 0 aromatic heterocycles. The molecule has 2 heterocycles. The Bertz CT molecular complexity index is 2350. The largest absolute Gasteiger partial charge is 0.310 e. The van der Waals surface area contributed by atoms with Crippen molar-refractivity contribution < 1.29 is 0 Å². The Morgan fingerprint density at radius 1 is 0.520 bits per heavy atom. The van der Waals surface area contributed by atoms with Crippen LogP contribution >= 0.6 is 0 Å². The third-order valence-electron chi connectivity index (χ3n) is 9.86. The predicted molar refractivity (Wildman–Crippen MR) is 210 cm³/mol. The molecular weight excluding hydrogens is 607 g/mol. The molecule has 0 N–H and O–H groups in total. The second kappa shape index (κ2) is 13.3. The van der Waals surface area contributed by atoms with Crippen LogP contribution in [0.5, 0.6) is 0 Å². The van der Waals surface area contributed by atoms with Crippen molar-refractivity contribution in [1.82, 2.24) is 0 Å². The Morgan fingerprint density at radius 2 is 1.18 bits per heavy atom. The van der Waals surface area contributed by atoms with Crippen molar-refractivity contribution in [3.8, 4) is 28.3 Å². The van der Waals surface area contributed by atoms with Gasteiger partial charge < -0.3 is 9.80 Å². The molecule has 0 saturated heterocycles. The average molecular weight is 644 g/mol. The molecule has 0 spiro atoms. The van der Waals surface area contributed by atoms with E-state index in [1.807, 2.05) is 24.3 Å². The van der Waals surface area contributed by atoms with Gasteiger partial charge in [0.2, 0.25) is 0 Å². The van der Waals surface area contributed by atoms with Gasteiger partial charge in [-0.1, -0.05) is 97.1 Å². The number of allylic oxidation sites excluding steroid dienone is 3. The van der Waals surface area contributed by atoms with Gasteiger partial charge in [0.1, 0.15) is 0 Å². The Labute approximate surface area is 295 Å². The van der Waals surface area contributed by atoms with E-state index in [1.54, 1.807) is 0 Å². The van der Waals surface area contributed by atoms with E-state index in [-0.39, 0.29) is 0 Å². The molecule has 2 aliphatic heterocycles. The summed E-state index contributed by atoms with van der Waals surface area (Å²) in [4.78, 5) is 4.79. The number of hydrogen-bond acceptors (Lipinski definition) is 3. The van der Waals surface area contributed by atoms with Crippen molar-refractivity contribution in [2.24, 2.45) is 0 Å². The molecular formula is C47H37N3. The summed E-state index contributed by atoms with van der Waals surface area (Å²) in [6.07, 6.45) is 11.0. The number of rotatable bonds is 4. The zero-order valence-corrected chi connectivity index (χ0v) is 28.3. The molecule has 3 nitrogen and oxygen atoms in total. The number of hydrogen-bond donors (Lipinski definition) is 0. The first-order valence-corrected chi connectivity index (χ1v) is 17.3. The standard InChI is InChI=1S/C47H37N3/c1-3-34-21-23-40-29-38(25-27-46(40)49(44(34)4-2)42-13-6-5-7-14-42)39-26-28-47-41(30-39)24-22-36-11-8-9-16-45(36)50(47)43-15-10-12-37(31-43)35-19-17-33(32-48)18-20-35/h3-20,22,24-31H,21,23H2,1-2H3/b34-3-,44-4+. The van der Waals surface area contributed by atoms with Crippen LogP contribution in [0.15, 0.2) is 163 Å². The van der Waals surface area contributed by atoms with Crippen LogP contribution in [0.1, 0.15) is 42.5 Å². The van der Waals surface area contributed by atoms with E-state index < -0.39 is 0 Å². The number of nitrogens with zero attached hydrogens (tertiary/aromatic N) is 3. The van der Waals surface area contributed by atoms with E-state index in [9.17, 15) is 5.26 Å². The van der Waals surface area contributed by atoms with Crippen LogP contribution < -0.4 is 9.80 Å². The summed E-state index contributed by atoms with van der Waals surface area (Å²) in [7, 11) is 0. The molecule has 0 atom stereocenters. The Morgan fingerprint density at radius 3 is 1.96 bits per heavy atom. The lowest BCUT2D eigenvalue weighted by Gasteiger charge is -2.29. The van der Waals surface area contributed by atoms with Crippen LogP contribution in [-0.4, -0.2) is 0 Å². The van der Waals surface area contributed by atoms with Gasteiger partial charge in [-0.15, -0.1) is 0 Å². The fraction of sp³-hybridized carbons (Fsp3) is 0.0851. The maximum absolute atomic E-state index is 9.30. The van der Waals surface area contributed by atoms with Crippen molar-refractivity contribution in [3.05, 3.63) is 185 Å². The van der Waals surface area contributed by atoms with Crippen LogP contribution in [0.3, 0.4) is 0 Å². The van der Waals surface area contributed by atoms with Crippen LogP contribution in [-0.2, 0) is 6.42 Å². The molecule has 0 radical (unpaired) electrons. The molecule has 3 heteroatoms. The summed E-state index contributed by atoms with van der Waals surface area (Å²) in [5, 5.41) is 9.30. The van der Waals surface area contributed by atoms with E-state index in [2.05, 4.69) is 169 Å². The fourth-order valence-electron chi connectivity index (χ4n) is 7.37. The van der Waals surface area contributed by atoms with Gasteiger partial charge in [0.25, 0.3) is 0 Å². The van der Waals surface area contributed by atoms with Crippen molar-refractivity contribution in [2.45, 2.75) is 26.7 Å². The first-order chi connectivity index (χ1) is 24.6. The molecule has 8 rings (SSSR count). The van der Waals surface area contributed by atoms with E-state index in [0.717, 1.165) is 46.6 Å². The molecule has 0 aliphatic carbocycles. The predicted octanol–water partition coefficient (Wildman–Crippen LogP) is 12.8. The average Bonchev–Trinajstić information content (AvgIpc) is 3.45. The molecule has 6 aromatic carbocycles. The van der Waals surface area contributed by atoms with Crippen LogP contribution in [0.2, 0.25) is 0 Å². The minimum absolute atomic E-state index is 0.662. The highest BCUT2D eigenvalue weighted by molar-refractivity contribution is 5.95. The van der Waals surface area contributed by atoms with Crippen molar-refractivity contribution in [2.75, 3.05) is 9.80 Å². The number of para-hydroxylation sites is 2. The zero-order valence-electron chi connectivity index (χ0n) is 28.3. The third kappa shape index (κ3) is 5.62. The second-order valence-corrected chi connectivity index (χ2v) is 12.7. The van der Waals surface area contributed by atoms with Crippen molar-refractivity contribution in [3.63, 3.8) is 0 Å². The van der Waals surface area contributed by atoms with E-state index >= 15 is 0 Å². The lowest BCUT2D eigenvalue weighted by molar-refractivity contribution is 0.965. The quantitative estimate of drug-likeness (QED) is 0.191. The van der Waals surface area contributed by atoms with Crippen LogP contribution in [0, 0.1) is 11.3 Å². The lowest BCUT2D eigenvalue weighted by atomic mass is 9.96. The van der Waals surface area contributed by atoms with E-state index in [1.165, 1.54) is 44.9 Å². The summed E-state index contributed by atoms with van der Waals surface area (Å²) >= 11 is 0. The van der Waals surface area contributed by atoms with Crippen LogP contribution in [0.25, 0.3) is 34.4 Å². The molecule has 2 aliphatic rings. The van der Waals surface area contributed by atoms with Gasteiger partial charge in [-0.25, -0.2) is 0 Å². The highest BCUT2D eigenvalue weighted by Crippen LogP contribution is 2.45. The third-order valence-corrected chi connectivity index (χ3v) is 9.86. The van der Waals surface area contributed by atoms with Gasteiger partial charge in [0, 0.05) is 22.8 Å². The number of nitriles is 1. The number of benzene rings is 6. The smallest absolute Gasteiger partial charge is 0.0991 e. The highest BCUT2D eigenvalue weighted by atomic mass is 15.2. The molecule has 0 unspecified atom stereocenters. The maximum atomic E-state index is 9.30. The summed E-state index contributed by atoms with van der Waals surface area (Å²) in [5.74, 6) is 0. The topological polar surface area (TPSA) is 30.3 Å². The van der Waals surface area contributed by atoms with E-state index in [0.29, 0.717) is 5.56 Å². The highest BCUT2D eigenvalue weighted by Gasteiger charge is 2.25. The minimum atomic E-state index is 0.662. The summed E-state index contributed by atoms with van der Waals surface area (Å²) in [6, 6.07) is 51.8. The van der Waals surface area contributed by atoms with Crippen molar-refractivity contribution >= 4 is 40.6 Å². The first-order valence-electron chi connectivity index (χ1n) is 17.3. The van der Waals surface area contributed by atoms with Gasteiger partial charge in [-0.05, 0) is 138 Å². The zero-order chi connectivity index (χ0) is 34.0. The fourth-order valence-corrected chi connectivity index (χ4v) is 7.37. The number of fused-ring (bicyclic) bond motifs is 3. The number of anilines is 5. The molecule has 0 amide bonds. The SMILES string of the molecule is C/C=C1/CCc2cc(-c3ccc4c(c3)C=Cc3ccccc3N4c3cccc(-c4ccc(C#N)cc4)c3)ccc2N(c2ccccc2)/C1=C/C. The minimum Gasteiger partial charge on any atom is -0.310 e. The first kappa shape index (κ1) is 30.9. The monoisotopic (exact) mass is 643 g/mol. The number of aryl methyl sites for hydroxylation is 1. The Kier molecular flexibility index (Phi) is 8.21. The summed E-state index contributed by atoms with van der Waals surface area (Å²) in [6.45, 7) is 4.29. The Balaban J connectivity index is 1.21. The second-order valence-electron chi connectivity index (χ2n) is 12.7. The molecule has 50 heavy (non-hydrogen) atoms. The van der Waals surface area contributed by atoms with Gasteiger partial charge >= 0.3 is 0 Å². The molecule has 0 fully saturated rings. The van der Waals surface area contributed by atoms with Crippen LogP contribution in [0.4, 0.5) is 28.4 Å². The lowest BCUT2D eigenvalue weighted by Crippen LogP contribution is -2.17. The van der Waals surface area contributed by atoms with Gasteiger partial charge in [-0.2, -0.15) is 5.26 Å². The van der Waals surface area contributed by atoms with Gasteiger partial charge in [0.15, 0.2) is 0 Å². The summed E-state index contributed by atoms with van der Waals surface area (Å²) < 4.78 is 0. The summed E-state index contributed by atoms with van der Waals surface area (Å²) in [5.41, 5.74) is 17.3. The normalized spacial score (nSPS) is 15.1. The van der Waals surface area contributed by atoms with Gasteiger partial charge in [0.05, 0.1) is 23.0 Å². The maximum Gasteiger partial charge on any atom is 0.0991 e. The molecule has 0 saturated carbocycles. The van der Waals surface area contributed by atoms with E-state index in [4.69, 9.17) is 0 Å². The molecule has 6 aromatic rings. The Hall–Kier alpha value is -6.37. The molecule has 240 valence electrons. The van der Waals surface area contributed by atoms with Gasteiger partial charge in [-0.3, -0.25) is 0 Å². The molecule has 0 bridgehead atoms.